The minimum Gasteiger partial charge on any atom is -0.545 e. The molecular formula is C5H5O5Re-5. The molecule has 67 valence electrons. The van der Waals surface area contributed by atoms with E-state index in [9.17, 15) is 0 Å². The van der Waals surface area contributed by atoms with Gasteiger partial charge in [-0.1, -0.05) is 0 Å². The van der Waals surface area contributed by atoms with Gasteiger partial charge in [0.2, 0.25) is 0 Å². The van der Waals surface area contributed by atoms with E-state index in [4.69, 9.17) is 24.0 Å². The maximum Gasteiger partial charge on any atom is 0 e. The Bertz CT molecular complexity index is 26.4. The predicted octanol–water partition coefficient (Wildman–Crippen LogP) is -1.37. The molecule has 0 aliphatic heterocycles. The Labute approximate surface area is 78.8 Å². The van der Waals surface area contributed by atoms with E-state index in [0.29, 0.717) is 0 Å². The van der Waals surface area contributed by atoms with Crippen LogP contribution in [-0.2, 0) is 44.4 Å². The quantitative estimate of drug-likeness (QED) is 0.404. The van der Waals surface area contributed by atoms with Crippen molar-refractivity contribution in [2.75, 3.05) is 0 Å². The summed E-state index contributed by atoms with van der Waals surface area (Å²) in [7, 11) is 0. The zero-order valence-corrected chi connectivity index (χ0v) is 8.02. The van der Waals surface area contributed by atoms with Crippen LogP contribution in [0.25, 0.3) is 0 Å². The molecule has 11 heavy (non-hydrogen) atoms. The molecule has 1 radical (unpaired) electrons. The van der Waals surface area contributed by atoms with Crippen LogP contribution >= 0.6 is 0 Å². The Balaban J connectivity index is -0.00000000694. The van der Waals surface area contributed by atoms with Gasteiger partial charge in [0.15, 0.2) is 0 Å². The van der Waals surface area contributed by atoms with Gasteiger partial charge in [-0.2, -0.15) is 0 Å². The van der Waals surface area contributed by atoms with Gasteiger partial charge in [-0.15, -0.1) is 0 Å². The summed E-state index contributed by atoms with van der Waals surface area (Å²) in [5, 5.41) is 0. The summed E-state index contributed by atoms with van der Waals surface area (Å²) >= 11 is 0. The molecule has 0 N–H and O–H groups in total. The van der Waals surface area contributed by atoms with E-state index in [-0.39, 0.29) is 20.4 Å². The molecule has 0 amide bonds. The number of carbonyl (C=O) groups excluding carboxylic acids is 5. The third-order valence-electron chi connectivity index (χ3n) is 0. The van der Waals surface area contributed by atoms with Crippen LogP contribution in [0.3, 0.4) is 0 Å². The fraction of sp³-hybridized carbons (Fsp3) is 0. The molecule has 0 spiro atoms. The normalized spacial score (nSPS) is 1.82. The monoisotopic (exact) mass is 332 g/mol. The predicted molar refractivity (Wildman–Crippen MR) is 33.8 cm³/mol. The Morgan fingerprint density at radius 2 is 0.364 bits per heavy atom. The maximum absolute atomic E-state index is 7.75. The molecule has 0 heterocycles. The van der Waals surface area contributed by atoms with Gasteiger partial charge in [-0.25, -0.2) is 0 Å². The van der Waals surface area contributed by atoms with E-state index >= 15 is 0 Å². The van der Waals surface area contributed by atoms with Gasteiger partial charge in [-0.05, 0) is 0 Å². The van der Waals surface area contributed by atoms with Crippen LogP contribution in [0.1, 0.15) is 0 Å². The van der Waals surface area contributed by atoms with Crippen molar-refractivity contribution in [3.05, 3.63) is 0 Å². The van der Waals surface area contributed by atoms with E-state index < -0.39 is 0 Å². The average Bonchev–Trinajstić information content (AvgIpc) is 2.20. The van der Waals surface area contributed by atoms with E-state index in [1.165, 1.54) is 0 Å². The number of rotatable bonds is 0. The van der Waals surface area contributed by atoms with Gasteiger partial charge in [0.05, 0.1) is 0 Å². The summed E-state index contributed by atoms with van der Waals surface area (Å²) in [5.41, 5.74) is 0. The Kier molecular flexibility index (Phi) is 2720. The van der Waals surface area contributed by atoms with Crippen molar-refractivity contribution >= 4 is 33.9 Å². The molecular weight excluding hydrogens is 326 g/mol. The van der Waals surface area contributed by atoms with Gasteiger partial charge < -0.3 is 24.0 Å². The van der Waals surface area contributed by atoms with Crippen molar-refractivity contribution in [2.24, 2.45) is 0 Å². The summed E-state index contributed by atoms with van der Waals surface area (Å²) in [6.45, 7) is 16.2. The first kappa shape index (κ1) is 50.5. The Morgan fingerprint density at radius 1 is 0.364 bits per heavy atom. The molecule has 0 saturated carbocycles. The van der Waals surface area contributed by atoms with Gasteiger partial charge in [0, 0.05) is 20.4 Å². The van der Waals surface area contributed by atoms with Crippen molar-refractivity contribution in [3.63, 3.8) is 0 Å². The third kappa shape index (κ3) is 454. The van der Waals surface area contributed by atoms with Crippen molar-refractivity contribution < 1.29 is 44.4 Å². The topological polar surface area (TPSA) is 85.3 Å². The minimum atomic E-state index is 0. The molecule has 6 heteroatoms. The molecule has 5 nitrogen and oxygen atoms in total. The molecule has 0 bridgehead atoms. The average molecular weight is 331 g/mol. The largest absolute Gasteiger partial charge is 0.545 e. The van der Waals surface area contributed by atoms with Crippen molar-refractivity contribution in [3.8, 4) is 0 Å². The van der Waals surface area contributed by atoms with Crippen LogP contribution in [0.5, 0.6) is 0 Å². The summed E-state index contributed by atoms with van der Waals surface area (Å²) in [5.74, 6) is 0. The number of hydrogen-bond donors (Lipinski definition) is 0. The zero-order valence-electron chi connectivity index (χ0n) is 5.31. The third-order valence-corrected chi connectivity index (χ3v) is 0. The fourth-order valence-corrected chi connectivity index (χ4v) is 0. The van der Waals surface area contributed by atoms with Crippen molar-refractivity contribution in [2.45, 2.75) is 0 Å². The van der Waals surface area contributed by atoms with Crippen LogP contribution in [0.15, 0.2) is 0 Å². The van der Waals surface area contributed by atoms with Crippen molar-refractivity contribution in [1.82, 2.24) is 0 Å². The van der Waals surface area contributed by atoms with E-state index in [1.807, 2.05) is 0 Å². The maximum atomic E-state index is 7.75. The molecule has 0 rings (SSSR count). The second kappa shape index (κ2) is 593. The molecule has 0 aromatic carbocycles. The number of hydrogen-bond acceptors (Lipinski definition) is 5. The van der Waals surface area contributed by atoms with E-state index in [1.54, 1.807) is 0 Å². The molecule has 0 aromatic rings. The van der Waals surface area contributed by atoms with E-state index in [2.05, 4.69) is 33.9 Å². The van der Waals surface area contributed by atoms with Gasteiger partial charge >= 0.3 is 0 Å². The summed E-state index contributed by atoms with van der Waals surface area (Å²) in [4.78, 5) is 38.8. The van der Waals surface area contributed by atoms with Crippen LogP contribution < -0.4 is 0 Å². The van der Waals surface area contributed by atoms with Crippen molar-refractivity contribution in [1.29, 1.82) is 0 Å². The summed E-state index contributed by atoms with van der Waals surface area (Å²) < 4.78 is 0. The first-order chi connectivity index (χ1) is 5.00. The van der Waals surface area contributed by atoms with Crippen LogP contribution in [0.2, 0.25) is 0 Å². The second-order valence-electron chi connectivity index (χ2n) is 0. The molecule has 0 unspecified atom stereocenters. The molecule has 0 atom stereocenters. The van der Waals surface area contributed by atoms with Crippen LogP contribution in [0.4, 0.5) is 0 Å². The Hall–Kier alpha value is -0.988. The fourth-order valence-electron chi connectivity index (χ4n) is 0. The minimum absolute atomic E-state index is 0. The Morgan fingerprint density at radius 3 is 0.364 bits per heavy atom. The SMILES string of the molecule is [CH-]=O.[CH-]=O.[CH-]=O.[CH-]=O.[CH-]=O.[Re]. The molecule has 0 aliphatic carbocycles. The summed E-state index contributed by atoms with van der Waals surface area (Å²) in [6.07, 6.45) is 0. The van der Waals surface area contributed by atoms with E-state index in [0.717, 1.165) is 0 Å². The standard InChI is InChI=1S/5CHO.Re/c5*1-2;/h5*1H;/q5*-1;. The molecule has 0 aliphatic rings. The first-order valence-electron chi connectivity index (χ1n) is 1.18. The van der Waals surface area contributed by atoms with Gasteiger partial charge in [-0.3, -0.25) is 33.9 Å². The first-order valence-corrected chi connectivity index (χ1v) is 1.18. The molecule has 0 fully saturated rings. The second-order valence-corrected chi connectivity index (χ2v) is 0. The van der Waals surface area contributed by atoms with Gasteiger partial charge in [0.25, 0.3) is 0 Å². The van der Waals surface area contributed by atoms with Crippen LogP contribution in [-0.4, -0.2) is 33.9 Å². The molecule has 0 aromatic heterocycles. The van der Waals surface area contributed by atoms with Crippen LogP contribution in [0, 0.1) is 0 Å². The zero-order chi connectivity index (χ0) is 10.0. The smallest absolute Gasteiger partial charge is 0 e. The summed E-state index contributed by atoms with van der Waals surface area (Å²) in [6, 6.07) is 0. The molecule has 0 saturated heterocycles. The van der Waals surface area contributed by atoms with Gasteiger partial charge in [0.1, 0.15) is 0 Å².